The van der Waals surface area contributed by atoms with Crippen molar-refractivity contribution in [2.24, 2.45) is 5.92 Å². The van der Waals surface area contributed by atoms with Gasteiger partial charge in [-0.2, -0.15) is 5.26 Å². The molecule has 0 saturated heterocycles. The van der Waals surface area contributed by atoms with Crippen molar-refractivity contribution in [2.45, 2.75) is 44.6 Å². The first-order valence-electron chi connectivity index (χ1n) is 8.10. The van der Waals surface area contributed by atoms with Gasteiger partial charge in [-0.15, -0.1) is 0 Å². The van der Waals surface area contributed by atoms with Crippen molar-refractivity contribution in [2.75, 3.05) is 13.2 Å². The van der Waals surface area contributed by atoms with Gasteiger partial charge in [0.15, 0.2) is 11.5 Å². The third-order valence-corrected chi connectivity index (χ3v) is 4.32. The van der Waals surface area contributed by atoms with E-state index in [1.54, 1.807) is 13.8 Å². The second-order valence-electron chi connectivity index (χ2n) is 6.84. The molecule has 5 nitrogen and oxygen atoms in total. The number of rotatable bonds is 5. The SMILES string of the molecule is CC(C)(C#N)NC(=O)CC(c1ccc2c(c1)OCCO2)C1CC1. The van der Waals surface area contributed by atoms with E-state index in [0.29, 0.717) is 25.6 Å². The summed E-state index contributed by atoms with van der Waals surface area (Å²) in [6.07, 6.45) is 2.69. The van der Waals surface area contributed by atoms with Gasteiger partial charge in [-0.05, 0) is 56.2 Å². The fourth-order valence-corrected chi connectivity index (χ4v) is 2.97. The molecule has 1 aromatic carbocycles. The zero-order valence-corrected chi connectivity index (χ0v) is 13.6. The van der Waals surface area contributed by atoms with E-state index in [1.165, 1.54) is 0 Å². The van der Waals surface area contributed by atoms with E-state index < -0.39 is 5.54 Å². The highest BCUT2D eigenvalue weighted by Gasteiger charge is 2.35. The minimum Gasteiger partial charge on any atom is -0.486 e. The predicted octanol–water partition coefficient (Wildman–Crippen LogP) is 2.76. The first-order chi connectivity index (χ1) is 11.0. The van der Waals surface area contributed by atoms with Crippen molar-refractivity contribution in [1.82, 2.24) is 5.32 Å². The van der Waals surface area contributed by atoms with Gasteiger partial charge in [0.2, 0.25) is 5.91 Å². The maximum atomic E-state index is 12.3. The van der Waals surface area contributed by atoms with E-state index in [4.69, 9.17) is 14.7 Å². The summed E-state index contributed by atoms with van der Waals surface area (Å²) in [4.78, 5) is 12.3. The lowest BCUT2D eigenvalue weighted by Crippen LogP contribution is -2.42. The molecule has 1 unspecified atom stereocenters. The summed E-state index contributed by atoms with van der Waals surface area (Å²) in [6.45, 7) is 4.55. The number of nitrogens with zero attached hydrogens (tertiary/aromatic N) is 1. The lowest BCUT2D eigenvalue weighted by molar-refractivity contribution is -0.122. The quantitative estimate of drug-likeness (QED) is 0.907. The van der Waals surface area contributed by atoms with Crippen molar-refractivity contribution in [3.05, 3.63) is 23.8 Å². The summed E-state index contributed by atoms with van der Waals surface area (Å²) in [7, 11) is 0. The Balaban J connectivity index is 1.75. The number of ether oxygens (including phenoxy) is 2. The summed E-state index contributed by atoms with van der Waals surface area (Å²) in [6, 6.07) is 8.06. The van der Waals surface area contributed by atoms with Crippen LogP contribution in [-0.2, 0) is 4.79 Å². The molecule has 1 saturated carbocycles. The number of amides is 1. The number of benzene rings is 1. The molecule has 3 rings (SSSR count). The smallest absolute Gasteiger partial charge is 0.221 e. The third kappa shape index (κ3) is 3.76. The molecule has 0 aromatic heterocycles. The van der Waals surface area contributed by atoms with Gasteiger partial charge in [-0.25, -0.2) is 0 Å². The van der Waals surface area contributed by atoms with Gasteiger partial charge < -0.3 is 14.8 Å². The Bertz CT molecular complexity index is 644. The number of hydrogen-bond donors (Lipinski definition) is 1. The third-order valence-electron chi connectivity index (χ3n) is 4.32. The van der Waals surface area contributed by atoms with Crippen LogP contribution in [0.2, 0.25) is 0 Å². The Morgan fingerprint density at radius 2 is 2.04 bits per heavy atom. The molecule has 1 N–H and O–H groups in total. The fraction of sp³-hybridized carbons (Fsp3) is 0.556. The van der Waals surface area contributed by atoms with Gasteiger partial charge in [-0.1, -0.05) is 6.07 Å². The Morgan fingerprint density at radius 3 is 2.70 bits per heavy atom. The monoisotopic (exact) mass is 314 g/mol. The highest BCUT2D eigenvalue weighted by Crippen LogP contribution is 2.46. The largest absolute Gasteiger partial charge is 0.486 e. The average Bonchev–Trinajstić information content (AvgIpc) is 3.36. The Kier molecular flexibility index (Phi) is 4.16. The number of hydrogen-bond acceptors (Lipinski definition) is 4. The standard InChI is InChI=1S/C18H22N2O3/c1-18(2,11-19)20-17(21)10-14(12-3-4-12)13-5-6-15-16(9-13)23-8-7-22-15/h5-6,9,12,14H,3-4,7-8,10H2,1-2H3,(H,20,21). The van der Waals surface area contributed by atoms with Gasteiger partial charge in [0.25, 0.3) is 0 Å². The fourth-order valence-electron chi connectivity index (χ4n) is 2.97. The van der Waals surface area contributed by atoms with Crippen LogP contribution in [0, 0.1) is 17.2 Å². The van der Waals surface area contributed by atoms with Crippen molar-refractivity contribution in [3.8, 4) is 17.6 Å². The predicted molar refractivity (Wildman–Crippen MR) is 85.3 cm³/mol. The molecule has 1 heterocycles. The van der Waals surface area contributed by atoms with Crippen LogP contribution in [0.25, 0.3) is 0 Å². The number of nitriles is 1. The van der Waals surface area contributed by atoms with Crippen molar-refractivity contribution in [3.63, 3.8) is 0 Å². The van der Waals surface area contributed by atoms with Gasteiger partial charge in [0.05, 0.1) is 6.07 Å². The zero-order valence-electron chi connectivity index (χ0n) is 13.6. The Labute approximate surface area is 136 Å². The van der Waals surface area contributed by atoms with E-state index in [1.807, 2.05) is 18.2 Å². The Morgan fingerprint density at radius 1 is 1.35 bits per heavy atom. The number of fused-ring (bicyclic) bond motifs is 1. The molecular weight excluding hydrogens is 292 g/mol. The minimum absolute atomic E-state index is 0.0802. The maximum Gasteiger partial charge on any atom is 0.221 e. The van der Waals surface area contributed by atoms with Crippen LogP contribution in [0.1, 0.15) is 44.6 Å². The molecule has 1 fully saturated rings. The number of nitrogens with one attached hydrogen (secondary N) is 1. The number of carbonyl (C=O) groups is 1. The summed E-state index contributed by atoms with van der Waals surface area (Å²) >= 11 is 0. The molecule has 1 amide bonds. The number of carbonyl (C=O) groups excluding carboxylic acids is 1. The summed E-state index contributed by atoms with van der Waals surface area (Å²) < 4.78 is 11.2. The minimum atomic E-state index is -0.835. The van der Waals surface area contributed by atoms with E-state index in [2.05, 4.69) is 11.4 Å². The van der Waals surface area contributed by atoms with Crippen LogP contribution in [0.15, 0.2) is 18.2 Å². The van der Waals surface area contributed by atoms with Gasteiger partial charge in [0.1, 0.15) is 18.8 Å². The highest BCUT2D eigenvalue weighted by atomic mass is 16.6. The summed E-state index contributed by atoms with van der Waals surface area (Å²) in [5, 5.41) is 11.8. The van der Waals surface area contributed by atoms with E-state index >= 15 is 0 Å². The van der Waals surface area contributed by atoms with Crippen LogP contribution < -0.4 is 14.8 Å². The summed E-state index contributed by atoms with van der Waals surface area (Å²) in [5.41, 5.74) is 0.277. The summed E-state index contributed by atoms with van der Waals surface area (Å²) in [5.74, 6) is 2.15. The lowest BCUT2D eigenvalue weighted by atomic mass is 9.90. The van der Waals surface area contributed by atoms with Crippen molar-refractivity contribution < 1.29 is 14.3 Å². The maximum absolute atomic E-state index is 12.3. The van der Waals surface area contributed by atoms with Crippen LogP contribution in [0.4, 0.5) is 0 Å². The molecule has 2 aliphatic rings. The second kappa shape index (κ2) is 6.11. The van der Waals surface area contributed by atoms with Crippen LogP contribution in [-0.4, -0.2) is 24.7 Å². The van der Waals surface area contributed by atoms with E-state index in [0.717, 1.165) is 29.9 Å². The van der Waals surface area contributed by atoms with Gasteiger partial charge in [-0.3, -0.25) is 4.79 Å². The molecule has 1 atom stereocenters. The van der Waals surface area contributed by atoms with Crippen molar-refractivity contribution in [1.29, 1.82) is 5.26 Å². The molecule has 1 aliphatic carbocycles. The zero-order chi connectivity index (χ0) is 16.4. The molecule has 23 heavy (non-hydrogen) atoms. The molecule has 0 spiro atoms. The van der Waals surface area contributed by atoms with E-state index in [9.17, 15) is 4.79 Å². The molecule has 0 bridgehead atoms. The van der Waals surface area contributed by atoms with Gasteiger partial charge >= 0.3 is 0 Å². The molecular formula is C18H22N2O3. The molecule has 1 aromatic rings. The van der Waals surface area contributed by atoms with Gasteiger partial charge in [0, 0.05) is 6.42 Å². The van der Waals surface area contributed by atoms with Crippen LogP contribution in [0.3, 0.4) is 0 Å². The first-order valence-corrected chi connectivity index (χ1v) is 8.10. The second-order valence-corrected chi connectivity index (χ2v) is 6.84. The molecule has 122 valence electrons. The Hall–Kier alpha value is -2.22. The molecule has 0 radical (unpaired) electrons. The normalized spacial score (nSPS) is 18.0. The first kappa shape index (κ1) is 15.7. The lowest BCUT2D eigenvalue weighted by Gasteiger charge is -2.23. The van der Waals surface area contributed by atoms with Crippen molar-refractivity contribution >= 4 is 5.91 Å². The van der Waals surface area contributed by atoms with Crippen LogP contribution in [0.5, 0.6) is 11.5 Å². The topological polar surface area (TPSA) is 71.4 Å². The molecule has 5 heteroatoms. The van der Waals surface area contributed by atoms with Crippen LogP contribution >= 0.6 is 0 Å². The highest BCUT2D eigenvalue weighted by molar-refractivity contribution is 5.78. The van der Waals surface area contributed by atoms with E-state index in [-0.39, 0.29) is 11.8 Å². The average molecular weight is 314 g/mol. The molecule has 1 aliphatic heterocycles.